The molecule has 0 radical (unpaired) electrons. The van der Waals surface area contributed by atoms with Gasteiger partial charge in [0, 0.05) is 25.4 Å². The number of anilines is 1. The van der Waals surface area contributed by atoms with Gasteiger partial charge in [-0.15, -0.1) is 5.10 Å². The van der Waals surface area contributed by atoms with Gasteiger partial charge in [0.1, 0.15) is 0 Å². The van der Waals surface area contributed by atoms with Crippen LogP contribution < -0.4 is 5.32 Å². The molecule has 1 aromatic heterocycles. The summed E-state index contributed by atoms with van der Waals surface area (Å²) in [7, 11) is -3.49. The average Bonchev–Trinajstić information content (AvgIpc) is 3.47. The number of amides is 1. The van der Waals surface area contributed by atoms with Crippen LogP contribution in [0.4, 0.5) is 5.69 Å². The predicted molar refractivity (Wildman–Crippen MR) is 120 cm³/mol. The molecule has 0 saturated carbocycles. The molecule has 0 spiro atoms. The molecule has 2 aromatic rings. The van der Waals surface area contributed by atoms with Crippen molar-refractivity contribution < 1.29 is 17.9 Å². The van der Waals surface area contributed by atoms with Gasteiger partial charge in [0.05, 0.1) is 22.8 Å². The lowest BCUT2D eigenvalue weighted by atomic mass is 10.2. The number of hydrogen-bond donors (Lipinski definition) is 1. The summed E-state index contributed by atoms with van der Waals surface area (Å²) < 4.78 is 34.4. The van der Waals surface area contributed by atoms with E-state index in [0.717, 1.165) is 38.7 Å². The van der Waals surface area contributed by atoms with Crippen molar-refractivity contribution in [3.05, 3.63) is 24.3 Å². The quantitative estimate of drug-likeness (QED) is 0.571. The van der Waals surface area contributed by atoms with Crippen LogP contribution in [0, 0.1) is 0 Å². The molecule has 2 atom stereocenters. The van der Waals surface area contributed by atoms with Crippen LogP contribution in [-0.2, 0) is 26.1 Å². The zero-order valence-corrected chi connectivity index (χ0v) is 19.6. The standard InChI is InChI=1S/C20H28N6O4S2/c1-15(31-20-22-23-24-26(20)14-17-6-5-13-30-17)19(27)21-16-7-9-18(10-8-16)32(28,29)25-11-3-2-4-12-25/h7-10,15,17H,2-6,11-14H2,1H3,(H,21,27)/t15-,17-/m1/s1. The van der Waals surface area contributed by atoms with Gasteiger partial charge in [-0.3, -0.25) is 4.79 Å². The SMILES string of the molecule is C[C@@H](Sc1nnnn1C[C@H]1CCCO1)C(=O)Nc1ccc(S(=O)(=O)N2CCCCC2)cc1. The maximum absolute atomic E-state index is 12.8. The van der Waals surface area contributed by atoms with Crippen LogP contribution >= 0.6 is 11.8 Å². The minimum Gasteiger partial charge on any atom is -0.376 e. The molecule has 2 saturated heterocycles. The minimum absolute atomic E-state index is 0.0988. The van der Waals surface area contributed by atoms with E-state index in [1.165, 1.54) is 16.1 Å². The summed E-state index contributed by atoms with van der Waals surface area (Å²) in [6, 6.07) is 6.32. The van der Waals surface area contributed by atoms with Gasteiger partial charge >= 0.3 is 0 Å². The molecule has 1 aromatic carbocycles. The monoisotopic (exact) mass is 480 g/mol. The highest BCUT2D eigenvalue weighted by Crippen LogP contribution is 2.25. The lowest BCUT2D eigenvalue weighted by Gasteiger charge is -2.25. The van der Waals surface area contributed by atoms with Crippen molar-refractivity contribution in [3.63, 3.8) is 0 Å². The molecule has 0 bridgehead atoms. The number of piperidine rings is 1. The molecule has 10 nitrogen and oxygen atoms in total. The second-order valence-corrected chi connectivity index (χ2v) is 11.3. The average molecular weight is 481 g/mol. The maximum Gasteiger partial charge on any atom is 0.243 e. The first-order chi connectivity index (χ1) is 15.4. The Hall–Kier alpha value is -2.02. The summed E-state index contributed by atoms with van der Waals surface area (Å²) in [5.74, 6) is -0.215. The Morgan fingerprint density at radius 1 is 1.22 bits per heavy atom. The van der Waals surface area contributed by atoms with Crippen LogP contribution in [0.15, 0.2) is 34.3 Å². The summed E-state index contributed by atoms with van der Waals surface area (Å²) in [5.41, 5.74) is 0.541. The van der Waals surface area contributed by atoms with Gasteiger partial charge in [0.2, 0.25) is 21.1 Å². The Morgan fingerprint density at radius 2 is 1.97 bits per heavy atom. The van der Waals surface area contributed by atoms with Gasteiger partial charge < -0.3 is 10.1 Å². The summed E-state index contributed by atoms with van der Waals surface area (Å²) >= 11 is 1.27. The van der Waals surface area contributed by atoms with Crippen molar-refractivity contribution in [2.45, 2.75) is 67.0 Å². The van der Waals surface area contributed by atoms with Crippen LogP contribution in [0.1, 0.15) is 39.0 Å². The fraction of sp³-hybridized carbons (Fsp3) is 0.600. The van der Waals surface area contributed by atoms with E-state index >= 15 is 0 Å². The number of carbonyl (C=O) groups excluding carboxylic acids is 1. The van der Waals surface area contributed by atoms with Crippen molar-refractivity contribution in [1.29, 1.82) is 0 Å². The van der Waals surface area contributed by atoms with Gasteiger partial charge in [-0.2, -0.15) is 4.31 Å². The van der Waals surface area contributed by atoms with E-state index < -0.39 is 15.3 Å². The molecule has 2 fully saturated rings. The Labute approximate surface area is 192 Å². The molecule has 32 heavy (non-hydrogen) atoms. The van der Waals surface area contributed by atoms with Crippen molar-refractivity contribution >= 4 is 33.4 Å². The zero-order valence-electron chi connectivity index (χ0n) is 18.0. The van der Waals surface area contributed by atoms with Crippen molar-refractivity contribution in [2.75, 3.05) is 25.0 Å². The molecule has 174 valence electrons. The Bertz CT molecular complexity index is 1010. The molecule has 2 aliphatic heterocycles. The Kier molecular flexibility index (Phi) is 7.44. The van der Waals surface area contributed by atoms with Gasteiger partial charge in [-0.25, -0.2) is 13.1 Å². The van der Waals surface area contributed by atoms with Crippen molar-refractivity contribution in [2.24, 2.45) is 0 Å². The van der Waals surface area contributed by atoms with E-state index in [4.69, 9.17) is 4.74 Å². The number of hydrogen-bond acceptors (Lipinski definition) is 8. The van der Waals surface area contributed by atoms with Crippen LogP contribution in [0.25, 0.3) is 0 Å². The lowest BCUT2D eigenvalue weighted by Crippen LogP contribution is -2.35. The Balaban J connectivity index is 1.34. The number of rotatable bonds is 8. The van der Waals surface area contributed by atoms with E-state index in [1.807, 2.05) is 0 Å². The second kappa shape index (κ2) is 10.3. The highest BCUT2D eigenvalue weighted by atomic mass is 32.2. The van der Waals surface area contributed by atoms with E-state index in [-0.39, 0.29) is 16.9 Å². The third kappa shape index (κ3) is 5.48. The smallest absolute Gasteiger partial charge is 0.243 e. The molecule has 1 N–H and O–H groups in total. The van der Waals surface area contributed by atoms with E-state index in [2.05, 4.69) is 20.8 Å². The number of sulfonamides is 1. The van der Waals surface area contributed by atoms with Crippen LogP contribution in [0.3, 0.4) is 0 Å². The number of tetrazole rings is 1. The summed E-state index contributed by atoms with van der Waals surface area (Å²) in [5, 5.41) is 14.7. The predicted octanol–water partition coefficient (Wildman–Crippen LogP) is 2.15. The summed E-state index contributed by atoms with van der Waals surface area (Å²) in [6.45, 7) is 4.22. The first kappa shape index (κ1) is 23.1. The molecule has 2 aliphatic rings. The molecule has 0 aliphatic carbocycles. The third-order valence-electron chi connectivity index (χ3n) is 5.63. The minimum atomic E-state index is -3.49. The van der Waals surface area contributed by atoms with E-state index in [0.29, 0.717) is 30.5 Å². The maximum atomic E-state index is 12.8. The molecule has 1 amide bonds. The number of aromatic nitrogens is 4. The largest absolute Gasteiger partial charge is 0.376 e. The van der Waals surface area contributed by atoms with Crippen molar-refractivity contribution in [3.8, 4) is 0 Å². The van der Waals surface area contributed by atoms with Crippen LogP contribution in [0.5, 0.6) is 0 Å². The van der Waals surface area contributed by atoms with Gasteiger partial charge in [0.15, 0.2) is 0 Å². The number of thioether (sulfide) groups is 1. The third-order valence-corrected chi connectivity index (χ3v) is 8.61. The number of nitrogens with one attached hydrogen (secondary N) is 1. The van der Waals surface area contributed by atoms with E-state index in [9.17, 15) is 13.2 Å². The van der Waals surface area contributed by atoms with Crippen LogP contribution in [0.2, 0.25) is 0 Å². The second-order valence-electron chi connectivity index (χ2n) is 8.02. The van der Waals surface area contributed by atoms with E-state index in [1.54, 1.807) is 35.9 Å². The zero-order chi connectivity index (χ0) is 22.6. The summed E-state index contributed by atoms with van der Waals surface area (Å²) in [6.07, 6.45) is 4.95. The van der Waals surface area contributed by atoms with Crippen LogP contribution in [-0.4, -0.2) is 69.9 Å². The van der Waals surface area contributed by atoms with Gasteiger partial charge in [-0.1, -0.05) is 18.2 Å². The molecule has 0 unspecified atom stereocenters. The fourth-order valence-corrected chi connectivity index (χ4v) is 6.11. The molecule has 3 heterocycles. The normalized spacial score (nSPS) is 20.8. The van der Waals surface area contributed by atoms with Crippen molar-refractivity contribution in [1.82, 2.24) is 24.5 Å². The highest BCUT2D eigenvalue weighted by Gasteiger charge is 2.26. The first-order valence-electron chi connectivity index (χ1n) is 10.9. The fourth-order valence-electron chi connectivity index (χ4n) is 3.80. The van der Waals surface area contributed by atoms with Gasteiger partial charge in [-0.05, 0) is 67.3 Å². The number of carbonyl (C=O) groups is 1. The first-order valence-corrected chi connectivity index (χ1v) is 13.2. The number of ether oxygens (including phenoxy) is 1. The topological polar surface area (TPSA) is 119 Å². The highest BCUT2D eigenvalue weighted by molar-refractivity contribution is 8.00. The number of nitrogens with zero attached hydrogens (tertiary/aromatic N) is 5. The van der Waals surface area contributed by atoms with Gasteiger partial charge in [0.25, 0.3) is 0 Å². The number of benzene rings is 1. The molecule has 4 rings (SSSR count). The summed E-state index contributed by atoms with van der Waals surface area (Å²) in [4.78, 5) is 12.9. The lowest BCUT2D eigenvalue weighted by molar-refractivity contribution is -0.115. The molecule has 12 heteroatoms. The molecular formula is C20H28N6O4S2. The Morgan fingerprint density at radius 3 is 2.66 bits per heavy atom. The molecular weight excluding hydrogens is 452 g/mol.